The zero-order valence-electron chi connectivity index (χ0n) is 49.8. The molecule has 2 aliphatic heterocycles. The summed E-state index contributed by atoms with van der Waals surface area (Å²) in [5, 5.41) is 20.7. The predicted molar refractivity (Wildman–Crippen MR) is 345 cm³/mol. The number of benzene rings is 5. The fourth-order valence-corrected chi connectivity index (χ4v) is 12.9. The van der Waals surface area contributed by atoms with Crippen molar-refractivity contribution in [2.45, 2.75) is 110 Å². The molecule has 0 atom stereocenters. The lowest BCUT2D eigenvalue weighted by molar-refractivity contribution is -0.401. The van der Waals surface area contributed by atoms with Crippen LogP contribution in [-0.4, -0.2) is 71.2 Å². The number of fused-ring (bicyclic) bond motifs is 6. The van der Waals surface area contributed by atoms with Gasteiger partial charge in [0.05, 0.1) is 28.2 Å². The molecule has 2 aliphatic rings. The van der Waals surface area contributed by atoms with Crippen molar-refractivity contribution in [1.29, 1.82) is 0 Å². The third-order valence-corrected chi connectivity index (χ3v) is 17.0. The molecule has 0 bridgehead atoms. The molecule has 4 aromatic heterocycles. The molecule has 1 amide bonds. The van der Waals surface area contributed by atoms with Crippen LogP contribution in [0.4, 0.5) is 11.4 Å². The number of unbranched alkanes of at least 4 members (excludes halogenated alkanes) is 2. The Hall–Kier alpha value is -8.90. The standard InChI is InChI=1S/C74H77N9O2/c1-73(2)67(80(5)65-37-35-55-24-11-13-30-63(55)70(65)73)32-8-6-9-33-68-74(3,4)71-64-31-14-12-25-56(64)36-38-66(71)83(68)45-23-7-10-34-69(84)79-44-39-54-46-57(48-81(50-59-26-15-19-40-75-59)51-60-27-16-20-41-76-60)72(85)58(47-54)49-82(52-61-28-17-21-42-77-61)53-62-29-18-22-43-78-62/h6,8-9,11-22,24-33,35-38,40-43,46-47H,7,10,23,34,39,44-45,48-53H2,1-5H3,(H-,79,84,85)/p+1. The van der Waals surface area contributed by atoms with Crippen molar-refractivity contribution in [3.63, 3.8) is 0 Å². The molecule has 430 valence electrons. The van der Waals surface area contributed by atoms with E-state index < -0.39 is 0 Å². The first-order valence-corrected chi connectivity index (χ1v) is 30.0. The smallest absolute Gasteiger partial charge is 0.220 e. The molecular weight excluding hydrogens is 1050 g/mol. The number of nitrogens with one attached hydrogen (secondary N) is 1. The van der Waals surface area contributed by atoms with Gasteiger partial charge in [0.2, 0.25) is 11.6 Å². The number of hydrogen-bond donors (Lipinski definition) is 2. The maximum absolute atomic E-state index is 13.6. The number of phenolic OH excluding ortho intramolecular Hbond substituents is 1. The second kappa shape index (κ2) is 26.3. The van der Waals surface area contributed by atoms with Gasteiger partial charge in [-0.2, -0.15) is 4.58 Å². The second-order valence-corrected chi connectivity index (χ2v) is 23.8. The monoisotopic (exact) mass is 1120 g/mol. The molecule has 0 radical (unpaired) electrons. The number of hydrogen-bond acceptors (Lipinski definition) is 9. The molecule has 85 heavy (non-hydrogen) atoms. The summed E-state index contributed by atoms with van der Waals surface area (Å²) in [5.41, 5.74) is 13.8. The van der Waals surface area contributed by atoms with E-state index in [0.717, 1.165) is 65.3 Å². The zero-order valence-corrected chi connectivity index (χ0v) is 49.8. The summed E-state index contributed by atoms with van der Waals surface area (Å²) in [6, 6.07) is 54.5. The van der Waals surface area contributed by atoms with Gasteiger partial charge < -0.3 is 15.3 Å². The van der Waals surface area contributed by atoms with Crippen molar-refractivity contribution in [2.75, 3.05) is 25.0 Å². The normalized spacial score (nSPS) is 14.9. The number of nitrogens with zero attached hydrogens (tertiary/aromatic N) is 8. The van der Waals surface area contributed by atoms with E-state index >= 15 is 0 Å². The van der Waals surface area contributed by atoms with Gasteiger partial charge in [-0.15, -0.1) is 0 Å². The van der Waals surface area contributed by atoms with Gasteiger partial charge in [0, 0.05) is 129 Å². The average molecular weight is 1130 g/mol. The van der Waals surface area contributed by atoms with Crippen LogP contribution in [0.25, 0.3) is 21.5 Å². The minimum absolute atomic E-state index is 0.0495. The number of carbonyl (C=O) groups excluding carboxylic acids is 1. The number of rotatable bonds is 24. The minimum atomic E-state index is -0.231. The predicted octanol–water partition coefficient (Wildman–Crippen LogP) is 14.4. The van der Waals surface area contributed by atoms with Crippen LogP contribution in [0.15, 0.2) is 219 Å². The average Bonchev–Trinajstić information content (AvgIpc) is 1.71. The molecule has 0 unspecified atom stereocenters. The Bertz CT molecular complexity index is 3720. The molecule has 9 aromatic rings. The first kappa shape index (κ1) is 57.9. The highest BCUT2D eigenvalue weighted by atomic mass is 16.3. The van der Waals surface area contributed by atoms with Crippen molar-refractivity contribution in [2.24, 2.45) is 0 Å². The van der Waals surface area contributed by atoms with Crippen LogP contribution < -0.4 is 10.2 Å². The van der Waals surface area contributed by atoms with Crippen LogP contribution in [0.5, 0.6) is 5.75 Å². The van der Waals surface area contributed by atoms with Crippen molar-refractivity contribution in [3.05, 3.63) is 269 Å². The summed E-state index contributed by atoms with van der Waals surface area (Å²) in [4.78, 5) is 39.3. The summed E-state index contributed by atoms with van der Waals surface area (Å²) in [6.07, 6.45) is 22.1. The molecule has 0 saturated heterocycles. The molecule has 2 N–H and O–H groups in total. The fraction of sp³-hybridized carbons (Fsp3) is 0.270. The minimum Gasteiger partial charge on any atom is -0.507 e. The maximum atomic E-state index is 13.6. The number of allylic oxidation sites excluding steroid dienone is 6. The van der Waals surface area contributed by atoms with Gasteiger partial charge in [-0.1, -0.05) is 129 Å². The van der Waals surface area contributed by atoms with Crippen molar-refractivity contribution in [1.82, 2.24) is 35.1 Å². The number of amides is 1. The van der Waals surface area contributed by atoms with E-state index in [1.54, 1.807) is 0 Å². The van der Waals surface area contributed by atoms with Gasteiger partial charge in [-0.05, 0) is 133 Å². The molecule has 11 heteroatoms. The van der Waals surface area contributed by atoms with Crippen LogP contribution in [0.2, 0.25) is 0 Å². The lowest BCUT2D eigenvalue weighted by Crippen LogP contribution is -2.27. The molecule has 11 rings (SSSR count). The van der Waals surface area contributed by atoms with E-state index in [-0.39, 0.29) is 22.5 Å². The topological polar surface area (TPSA) is 114 Å². The molecule has 5 aromatic carbocycles. The lowest BCUT2D eigenvalue weighted by Gasteiger charge is -2.27. The molecule has 0 saturated carbocycles. The summed E-state index contributed by atoms with van der Waals surface area (Å²) < 4.78 is 2.35. The van der Waals surface area contributed by atoms with Crippen molar-refractivity contribution in [3.8, 4) is 5.75 Å². The number of carbonyl (C=O) groups is 1. The number of aromatic nitrogens is 4. The first-order chi connectivity index (χ1) is 41.4. The van der Waals surface area contributed by atoms with E-state index in [1.807, 2.05) is 97.6 Å². The van der Waals surface area contributed by atoms with Crippen LogP contribution in [-0.2, 0) is 61.3 Å². The number of pyridine rings is 4. The SMILES string of the molecule is C[N+]1=C(/C=C/C=C/C=C2\N(CCCCCC(=O)NCCc3cc(CN(Cc4ccccn4)Cc4ccccn4)c(O)c(CN(Cc4ccccn4)Cc4ccccn4)c3)c3ccc4ccccc4c3C2(C)C)C(C)(C)c2c1ccc1ccccc21. The lowest BCUT2D eigenvalue weighted by atomic mass is 9.79. The van der Waals surface area contributed by atoms with Gasteiger partial charge in [0.25, 0.3) is 0 Å². The Kier molecular flexibility index (Phi) is 17.9. The van der Waals surface area contributed by atoms with E-state index in [9.17, 15) is 9.90 Å². The molecule has 0 fully saturated rings. The second-order valence-electron chi connectivity index (χ2n) is 23.8. The Morgan fingerprint density at radius 2 is 1.09 bits per heavy atom. The number of aromatic hydroxyl groups is 1. The van der Waals surface area contributed by atoms with Gasteiger partial charge >= 0.3 is 0 Å². The zero-order chi connectivity index (χ0) is 58.8. The largest absolute Gasteiger partial charge is 0.507 e. The molecule has 11 nitrogen and oxygen atoms in total. The number of phenols is 1. The molecule has 0 spiro atoms. The quantitative estimate of drug-likeness (QED) is 0.0347. The van der Waals surface area contributed by atoms with Crippen molar-refractivity contribution >= 4 is 44.5 Å². The van der Waals surface area contributed by atoms with Gasteiger partial charge in [0.1, 0.15) is 12.8 Å². The highest BCUT2D eigenvalue weighted by Gasteiger charge is 2.44. The fourth-order valence-electron chi connectivity index (χ4n) is 12.9. The van der Waals surface area contributed by atoms with Crippen LogP contribution in [0.1, 0.15) is 104 Å². The van der Waals surface area contributed by atoms with Gasteiger partial charge in [-0.25, -0.2) is 0 Å². The van der Waals surface area contributed by atoms with Gasteiger partial charge in [0.15, 0.2) is 5.71 Å². The summed E-state index contributed by atoms with van der Waals surface area (Å²) in [6.45, 7) is 13.9. The number of anilines is 1. The van der Waals surface area contributed by atoms with Crippen LogP contribution >= 0.6 is 0 Å². The molecule has 0 aliphatic carbocycles. The van der Waals surface area contributed by atoms with Crippen LogP contribution in [0.3, 0.4) is 0 Å². The third-order valence-electron chi connectivity index (χ3n) is 17.0. The first-order valence-electron chi connectivity index (χ1n) is 30.0. The summed E-state index contributed by atoms with van der Waals surface area (Å²) in [5.74, 6) is 0.304. The highest BCUT2D eigenvalue weighted by Crippen LogP contribution is 2.51. The Balaban J connectivity index is 0.760. The van der Waals surface area contributed by atoms with E-state index in [1.165, 1.54) is 55.5 Å². The highest BCUT2D eigenvalue weighted by molar-refractivity contribution is 6.07. The Labute approximate surface area is 501 Å². The van der Waals surface area contributed by atoms with Crippen molar-refractivity contribution < 1.29 is 14.5 Å². The van der Waals surface area contributed by atoms with Crippen LogP contribution in [0, 0.1) is 0 Å². The maximum Gasteiger partial charge on any atom is 0.220 e. The Morgan fingerprint density at radius 1 is 0.576 bits per heavy atom. The third kappa shape index (κ3) is 13.4. The summed E-state index contributed by atoms with van der Waals surface area (Å²) >= 11 is 0. The summed E-state index contributed by atoms with van der Waals surface area (Å²) in [7, 11) is 2.18. The molecular formula is C74H78N9O2+. The van der Waals surface area contributed by atoms with E-state index in [0.29, 0.717) is 58.7 Å². The van der Waals surface area contributed by atoms with Gasteiger partial charge in [-0.3, -0.25) is 34.5 Å². The molecule has 6 heterocycles. The van der Waals surface area contributed by atoms with E-state index in [2.05, 4.69) is 195 Å². The Morgan fingerprint density at radius 3 is 1.64 bits per heavy atom. The van der Waals surface area contributed by atoms with E-state index in [4.69, 9.17) is 0 Å².